The van der Waals surface area contributed by atoms with Crippen LogP contribution in [0.1, 0.15) is 19.4 Å². The van der Waals surface area contributed by atoms with E-state index in [0.29, 0.717) is 0 Å². The predicted molar refractivity (Wildman–Crippen MR) is 101 cm³/mol. The number of halogens is 5. The van der Waals surface area contributed by atoms with Crippen LogP contribution in [0.15, 0.2) is 6.07 Å². The van der Waals surface area contributed by atoms with Crippen LogP contribution in [0.4, 0.5) is 38.1 Å². The predicted octanol–water partition coefficient (Wildman–Crippen LogP) is 2.58. The number of amides is 4. The number of hydrogen-bond donors (Lipinski definition) is 2. The monoisotopic (exact) mass is 472 g/mol. The van der Waals surface area contributed by atoms with Gasteiger partial charge in [-0.1, -0.05) is 13.8 Å². The summed E-state index contributed by atoms with van der Waals surface area (Å²) in [5, 5.41) is 3.89. The number of hydrogen-bond acceptors (Lipinski definition) is 5. The van der Waals surface area contributed by atoms with Crippen molar-refractivity contribution in [2.75, 3.05) is 11.4 Å². The first-order valence-electron chi connectivity index (χ1n) is 9.87. The lowest BCUT2D eigenvalue weighted by Crippen LogP contribution is -2.77. The quantitative estimate of drug-likeness (QED) is 0.373. The van der Waals surface area contributed by atoms with E-state index in [2.05, 4.69) is 4.85 Å². The number of nitrogens with one attached hydrogen (secondary N) is 2. The van der Waals surface area contributed by atoms with Gasteiger partial charge in [-0.15, -0.1) is 0 Å². The SMILES string of the molecule is [C-]#[N+]c1cc2c(c(F)c1F)N1C[C@@H](C(F)(F)F)O[C@@H](C(C)C)[C@@H]1C1(C2)C(=O)NC(=O)NC1=O. The van der Waals surface area contributed by atoms with E-state index in [1.807, 2.05) is 10.6 Å². The third kappa shape index (κ3) is 3.23. The van der Waals surface area contributed by atoms with Crippen molar-refractivity contribution in [3.05, 3.63) is 34.7 Å². The van der Waals surface area contributed by atoms with Gasteiger partial charge in [-0.05, 0) is 24.0 Å². The molecule has 1 aromatic rings. The van der Waals surface area contributed by atoms with Gasteiger partial charge in [0.25, 0.3) is 0 Å². The third-order valence-electron chi connectivity index (χ3n) is 6.24. The van der Waals surface area contributed by atoms with Crippen molar-refractivity contribution >= 4 is 29.2 Å². The molecule has 0 saturated carbocycles. The molecule has 176 valence electrons. The molecule has 0 aromatic heterocycles. The largest absolute Gasteiger partial charge is 0.416 e. The molecule has 0 aliphatic carbocycles. The van der Waals surface area contributed by atoms with Crippen molar-refractivity contribution in [1.29, 1.82) is 0 Å². The van der Waals surface area contributed by atoms with Crippen molar-refractivity contribution in [1.82, 2.24) is 10.6 Å². The molecule has 8 nitrogen and oxygen atoms in total. The molecule has 2 saturated heterocycles. The van der Waals surface area contributed by atoms with Gasteiger partial charge in [-0.25, -0.2) is 18.4 Å². The van der Waals surface area contributed by atoms with E-state index >= 15 is 4.39 Å². The number of urea groups is 1. The van der Waals surface area contributed by atoms with Gasteiger partial charge in [0, 0.05) is 0 Å². The normalized spacial score (nSPS) is 26.5. The standard InChI is InChI=1S/C20H17F5N4O4/c1-7(2)14-15-19(16(30)27-18(32)28-17(19)31)5-8-4-9(26-3)11(21)12(22)13(8)29(15)6-10(33-14)20(23,24)25/h4,7,10,14-15H,5-6H2,1-2H3,(H2,27,28,30,31,32)/t10-,14-,15+/m0/s1. The molecule has 1 aromatic carbocycles. The number of alkyl halides is 3. The van der Waals surface area contributed by atoms with Crippen molar-refractivity contribution in [3.63, 3.8) is 0 Å². The van der Waals surface area contributed by atoms with Crippen molar-refractivity contribution in [2.45, 2.75) is 44.7 Å². The molecule has 2 fully saturated rings. The topological polar surface area (TPSA) is 92.1 Å². The Hall–Kier alpha value is -3.27. The van der Waals surface area contributed by atoms with Crippen LogP contribution in [0, 0.1) is 29.5 Å². The minimum absolute atomic E-state index is 0.207. The van der Waals surface area contributed by atoms with Crippen LogP contribution in [0.2, 0.25) is 0 Å². The van der Waals surface area contributed by atoms with Gasteiger partial charge < -0.3 is 9.64 Å². The maximum absolute atomic E-state index is 15.1. The molecule has 0 radical (unpaired) electrons. The van der Waals surface area contributed by atoms with E-state index in [1.165, 1.54) is 13.8 Å². The van der Waals surface area contributed by atoms with Crippen LogP contribution in [0.3, 0.4) is 0 Å². The Kier molecular flexibility index (Phi) is 5.12. The lowest BCUT2D eigenvalue weighted by Gasteiger charge is -2.57. The highest BCUT2D eigenvalue weighted by Crippen LogP contribution is 2.51. The van der Waals surface area contributed by atoms with E-state index in [9.17, 15) is 31.9 Å². The number of rotatable bonds is 1. The highest BCUT2D eigenvalue weighted by atomic mass is 19.4. The number of barbiturate groups is 1. The summed E-state index contributed by atoms with van der Waals surface area (Å²) < 4.78 is 76.0. The molecule has 13 heteroatoms. The van der Waals surface area contributed by atoms with Gasteiger partial charge in [0.1, 0.15) is 0 Å². The number of carbonyl (C=O) groups is 3. The van der Waals surface area contributed by atoms with Crippen LogP contribution >= 0.6 is 0 Å². The third-order valence-corrected chi connectivity index (χ3v) is 6.24. The number of nitrogens with zero attached hydrogens (tertiary/aromatic N) is 2. The average molecular weight is 472 g/mol. The first-order valence-corrected chi connectivity index (χ1v) is 9.87. The van der Waals surface area contributed by atoms with Gasteiger partial charge in [-0.2, -0.15) is 13.2 Å². The summed E-state index contributed by atoms with van der Waals surface area (Å²) in [7, 11) is 0. The minimum atomic E-state index is -4.89. The van der Waals surface area contributed by atoms with Crippen molar-refractivity contribution in [3.8, 4) is 0 Å². The summed E-state index contributed by atoms with van der Waals surface area (Å²) in [6, 6.07) is -1.71. The van der Waals surface area contributed by atoms with Crippen LogP contribution in [-0.2, 0) is 20.7 Å². The summed E-state index contributed by atoms with van der Waals surface area (Å²) in [5.41, 5.74) is -3.73. The Morgan fingerprint density at radius 1 is 1.18 bits per heavy atom. The van der Waals surface area contributed by atoms with E-state index in [4.69, 9.17) is 11.3 Å². The summed E-state index contributed by atoms with van der Waals surface area (Å²) in [6.07, 6.45) is -9.33. The zero-order valence-electron chi connectivity index (χ0n) is 17.2. The molecule has 0 bridgehead atoms. The first kappa shape index (κ1) is 22.9. The number of ether oxygens (including phenoxy) is 1. The van der Waals surface area contributed by atoms with Crippen molar-refractivity contribution < 1.29 is 41.1 Å². The van der Waals surface area contributed by atoms with Gasteiger partial charge in [0.05, 0.1) is 31.0 Å². The van der Waals surface area contributed by atoms with Gasteiger partial charge in [0.15, 0.2) is 23.2 Å². The fourth-order valence-electron chi connectivity index (χ4n) is 4.83. The fourth-order valence-corrected chi connectivity index (χ4v) is 4.83. The lowest BCUT2D eigenvalue weighted by molar-refractivity contribution is -0.250. The number of imide groups is 2. The maximum atomic E-state index is 15.1. The zero-order valence-corrected chi connectivity index (χ0v) is 17.2. The van der Waals surface area contributed by atoms with E-state index in [1.54, 1.807) is 0 Å². The molecule has 1 spiro atoms. The lowest BCUT2D eigenvalue weighted by atomic mass is 9.65. The molecule has 4 rings (SSSR count). The summed E-state index contributed by atoms with van der Waals surface area (Å²) in [4.78, 5) is 41.6. The summed E-state index contributed by atoms with van der Waals surface area (Å²) >= 11 is 0. The second-order valence-electron chi connectivity index (χ2n) is 8.50. The number of morpholine rings is 1. The van der Waals surface area contributed by atoms with Crippen LogP contribution < -0.4 is 15.5 Å². The molecule has 3 aliphatic heterocycles. The molecule has 33 heavy (non-hydrogen) atoms. The highest BCUT2D eigenvalue weighted by Gasteiger charge is 2.66. The molecule has 4 amide bonds. The molecule has 0 unspecified atom stereocenters. The number of anilines is 1. The summed E-state index contributed by atoms with van der Waals surface area (Å²) in [5.74, 6) is -6.02. The van der Waals surface area contributed by atoms with E-state index < -0.39 is 89.6 Å². The Bertz CT molecular complexity index is 1090. The van der Waals surface area contributed by atoms with Crippen molar-refractivity contribution in [2.24, 2.45) is 11.3 Å². The van der Waals surface area contributed by atoms with Gasteiger partial charge in [0.2, 0.25) is 17.5 Å². The van der Waals surface area contributed by atoms with E-state index in [0.717, 1.165) is 11.0 Å². The highest BCUT2D eigenvalue weighted by molar-refractivity contribution is 6.20. The van der Waals surface area contributed by atoms with Crippen LogP contribution in [0.5, 0.6) is 0 Å². The molecular formula is C20H17F5N4O4. The Morgan fingerprint density at radius 3 is 2.30 bits per heavy atom. The second-order valence-corrected chi connectivity index (χ2v) is 8.50. The number of fused-ring (bicyclic) bond motifs is 4. The van der Waals surface area contributed by atoms with Crippen LogP contribution in [0.25, 0.3) is 4.85 Å². The Balaban J connectivity index is 2.02. The fraction of sp³-hybridized carbons (Fsp3) is 0.500. The number of carbonyl (C=O) groups excluding carboxylic acids is 3. The molecule has 2 N–H and O–H groups in total. The molecule has 3 heterocycles. The van der Waals surface area contributed by atoms with Gasteiger partial charge >= 0.3 is 12.2 Å². The van der Waals surface area contributed by atoms with Gasteiger partial charge in [-0.3, -0.25) is 20.2 Å². The molecule has 3 aliphatic rings. The average Bonchev–Trinajstić information content (AvgIpc) is 2.72. The molecular weight excluding hydrogens is 455 g/mol. The first-order chi connectivity index (χ1) is 15.3. The van der Waals surface area contributed by atoms with Crippen LogP contribution in [-0.4, -0.2) is 48.8 Å². The maximum Gasteiger partial charge on any atom is 0.416 e. The Morgan fingerprint density at radius 2 is 1.79 bits per heavy atom. The second kappa shape index (κ2) is 7.38. The number of benzene rings is 1. The Labute approximate surface area is 183 Å². The summed E-state index contributed by atoms with van der Waals surface area (Å²) in [6.45, 7) is 9.01. The van der Waals surface area contributed by atoms with E-state index in [-0.39, 0.29) is 5.56 Å². The minimum Gasteiger partial charge on any atom is -0.361 e. The zero-order chi connectivity index (χ0) is 24.5. The smallest absolute Gasteiger partial charge is 0.361 e. The molecule has 3 atom stereocenters.